The highest BCUT2D eigenvalue weighted by Gasteiger charge is 2.19. The molecule has 0 aliphatic carbocycles. The molecule has 90 valence electrons. The van der Waals surface area contributed by atoms with Crippen molar-refractivity contribution in [1.82, 2.24) is 0 Å². The van der Waals surface area contributed by atoms with Crippen LogP contribution in [0.2, 0.25) is 0 Å². The van der Waals surface area contributed by atoms with Gasteiger partial charge in [-0.25, -0.2) is 0 Å². The molecular weight excluding hydrogens is 196 g/mol. The normalized spacial score (nSPS) is 13.6. The molecule has 1 unspecified atom stereocenters. The van der Waals surface area contributed by atoms with E-state index in [0.29, 0.717) is 11.3 Å². The van der Waals surface area contributed by atoms with E-state index in [9.17, 15) is 0 Å². The summed E-state index contributed by atoms with van der Waals surface area (Å²) in [6.45, 7) is 12.2. The van der Waals surface area contributed by atoms with Crippen LogP contribution in [-0.2, 0) is 0 Å². The van der Waals surface area contributed by atoms with E-state index in [-0.39, 0.29) is 0 Å². The summed E-state index contributed by atoms with van der Waals surface area (Å²) in [5.74, 6) is 0.619. The third-order valence-electron chi connectivity index (χ3n) is 3.34. The third-order valence-corrected chi connectivity index (χ3v) is 3.34. The molecule has 0 saturated carbocycles. The maximum absolute atomic E-state index is 5.78. The highest BCUT2D eigenvalue weighted by Crippen LogP contribution is 2.26. The molecule has 0 aliphatic heterocycles. The molecule has 0 aromatic heterocycles. The number of hydrogen-bond donors (Lipinski definition) is 2. The van der Waals surface area contributed by atoms with Gasteiger partial charge in [-0.2, -0.15) is 0 Å². The minimum Gasteiger partial charge on any atom is -0.399 e. The molecule has 1 rings (SSSR count). The van der Waals surface area contributed by atoms with Gasteiger partial charge in [0.1, 0.15) is 0 Å². The fourth-order valence-corrected chi connectivity index (χ4v) is 1.40. The standard InChI is InChI=1S/C14H24N2/c1-10-6-7-12(15)8-13(10)16-9-11(2)14(3,4)5/h6-8,11,16H,9,15H2,1-5H3. The molecule has 1 aromatic rings. The van der Waals surface area contributed by atoms with Crippen molar-refractivity contribution < 1.29 is 0 Å². The van der Waals surface area contributed by atoms with Gasteiger partial charge in [0.25, 0.3) is 0 Å². The second kappa shape index (κ2) is 4.77. The Morgan fingerprint density at radius 1 is 1.31 bits per heavy atom. The Hall–Kier alpha value is -1.18. The first-order valence-electron chi connectivity index (χ1n) is 5.90. The first-order chi connectivity index (χ1) is 7.30. The van der Waals surface area contributed by atoms with E-state index in [1.807, 2.05) is 12.1 Å². The van der Waals surface area contributed by atoms with Crippen LogP contribution in [0.25, 0.3) is 0 Å². The summed E-state index contributed by atoms with van der Waals surface area (Å²) in [7, 11) is 0. The highest BCUT2D eigenvalue weighted by atomic mass is 14.9. The summed E-state index contributed by atoms with van der Waals surface area (Å²) >= 11 is 0. The largest absolute Gasteiger partial charge is 0.399 e. The van der Waals surface area contributed by atoms with Crippen molar-refractivity contribution in [2.24, 2.45) is 11.3 Å². The minimum absolute atomic E-state index is 0.335. The summed E-state index contributed by atoms with van der Waals surface area (Å²) in [6.07, 6.45) is 0. The zero-order valence-corrected chi connectivity index (χ0v) is 11.1. The Balaban J connectivity index is 2.64. The van der Waals surface area contributed by atoms with Gasteiger partial charge in [0.2, 0.25) is 0 Å². The van der Waals surface area contributed by atoms with E-state index >= 15 is 0 Å². The van der Waals surface area contributed by atoms with E-state index < -0.39 is 0 Å². The second-order valence-electron chi connectivity index (χ2n) is 5.72. The molecule has 0 spiro atoms. The Morgan fingerprint density at radius 3 is 2.50 bits per heavy atom. The van der Waals surface area contributed by atoms with Crippen LogP contribution in [-0.4, -0.2) is 6.54 Å². The molecule has 0 radical (unpaired) electrons. The van der Waals surface area contributed by atoms with E-state index in [0.717, 1.165) is 17.9 Å². The molecule has 0 amide bonds. The van der Waals surface area contributed by atoms with Crippen molar-refractivity contribution in [1.29, 1.82) is 0 Å². The first-order valence-corrected chi connectivity index (χ1v) is 5.90. The molecule has 1 atom stereocenters. The number of hydrogen-bond acceptors (Lipinski definition) is 2. The number of nitrogens with one attached hydrogen (secondary N) is 1. The maximum atomic E-state index is 5.78. The fraction of sp³-hybridized carbons (Fsp3) is 0.571. The maximum Gasteiger partial charge on any atom is 0.0390 e. The van der Waals surface area contributed by atoms with Gasteiger partial charge in [-0.1, -0.05) is 33.8 Å². The van der Waals surface area contributed by atoms with Crippen LogP contribution in [0.3, 0.4) is 0 Å². The first kappa shape index (κ1) is 12.9. The summed E-state index contributed by atoms with van der Waals surface area (Å²) in [4.78, 5) is 0. The lowest BCUT2D eigenvalue weighted by atomic mass is 9.82. The van der Waals surface area contributed by atoms with Crippen molar-refractivity contribution in [3.05, 3.63) is 23.8 Å². The van der Waals surface area contributed by atoms with Gasteiger partial charge < -0.3 is 11.1 Å². The summed E-state index contributed by atoms with van der Waals surface area (Å²) in [6, 6.07) is 6.00. The van der Waals surface area contributed by atoms with Crippen molar-refractivity contribution in [2.45, 2.75) is 34.6 Å². The van der Waals surface area contributed by atoms with Gasteiger partial charge in [0.15, 0.2) is 0 Å². The van der Waals surface area contributed by atoms with E-state index in [1.165, 1.54) is 5.56 Å². The number of aryl methyl sites for hydroxylation is 1. The lowest BCUT2D eigenvalue weighted by Crippen LogP contribution is -2.25. The topological polar surface area (TPSA) is 38.0 Å². The zero-order valence-electron chi connectivity index (χ0n) is 11.1. The number of anilines is 2. The summed E-state index contributed by atoms with van der Waals surface area (Å²) in [5.41, 5.74) is 9.33. The number of nitrogen functional groups attached to an aromatic ring is 1. The van der Waals surface area contributed by atoms with Crippen molar-refractivity contribution in [3.8, 4) is 0 Å². The molecule has 0 fully saturated rings. The third kappa shape index (κ3) is 3.44. The SMILES string of the molecule is Cc1ccc(N)cc1NCC(C)C(C)(C)C. The summed E-state index contributed by atoms with van der Waals surface area (Å²) < 4.78 is 0. The average Bonchev–Trinajstić information content (AvgIpc) is 2.17. The lowest BCUT2D eigenvalue weighted by Gasteiger charge is -2.28. The van der Waals surface area contributed by atoms with E-state index in [2.05, 4.69) is 46.0 Å². The van der Waals surface area contributed by atoms with Gasteiger partial charge in [-0.15, -0.1) is 0 Å². The quantitative estimate of drug-likeness (QED) is 0.763. The predicted octanol–water partition coefficient (Wildman–Crippen LogP) is 3.67. The zero-order chi connectivity index (χ0) is 12.3. The predicted molar refractivity (Wildman–Crippen MR) is 72.7 cm³/mol. The van der Waals surface area contributed by atoms with Crippen molar-refractivity contribution >= 4 is 11.4 Å². The number of nitrogens with two attached hydrogens (primary N) is 1. The van der Waals surface area contributed by atoms with Crippen LogP contribution in [0.1, 0.15) is 33.3 Å². The second-order valence-corrected chi connectivity index (χ2v) is 5.72. The van der Waals surface area contributed by atoms with Gasteiger partial charge >= 0.3 is 0 Å². The molecule has 16 heavy (non-hydrogen) atoms. The van der Waals surface area contributed by atoms with Crippen LogP contribution < -0.4 is 11.1 Å². The van der Waals surface area contributed by atoms with Crippen LogP contribution >= 0.6 is 0 Å². The molecular formula is C14H24N2. The van der Waals surface area contributed by atoms with Gasteiger partial charge in [-0.3, -0.25) is 0 Å². The molecule has 2 heteroatoms. The summed E-state index contributed by atoms with van der Waals surface area (Å²) in [5, 5.41) is 3.48. The van der Waals surface area contributed by atoms with Crippen LogP contribution in [0, 0.1) is 18.3 Å². The Kier molecular flexibility index (Phi) is 3.84. The fourth-order valence-electron chi connectivity index (χ4n) is 1.40. The molecule has 0 bridgehead atoms. The minimum atomic E-state index is 0.335. The van der Waals surface area contributed by atoms with Crippen LogP contribution in [0.4, 0.5) is 11.4 Å². The van der Waals surface area contributed by atoms with Crippen LogP contribution in [0.15, 0.2) is 18.2 Å². The van der Waals surface area contributed by atoms with Gasteiger partial charge in [0.05, 0.1) is 0 Å². The Morgan fingerprint density at radius 2 is 1.94 bits per heavy atom. The molecule has 0 heterocycles. The van der Waals surface area contributed by atoms with Gasteiger partial charge in [-0.05, 0) is 36.0 Å². The van der Waals surface area contributed by atoms with Crippen molar-refractivity contribution in [3.63, 3.8) is 0 Å². The smallest absolute Gasteiger partial charge is 0.0390 e. The van der Waals surface area contributed by atoms with Crippen molar-refractivity contribution in [2.75, 3.05) is 17.6 Å². The lowest BCUT2D eigenvalue weighted by molar-refractivity contribution is 0.274. The molecule has 0 aliphatic rings. The Bertz CT molecular complexity index is 350. The number of rotatable bonds is 3. The highest BCUT2D eigenvalue weighted by molar-refractivity contribution is 5.59. The van der Waals surface area contributed by atoms with Gasteiger partial charge in [0, 0.05) is 17.9 Å². The monoisotopic (exact) mass is 220 g/mol. The van der Waals surface area contributed by atoms with Crippen LogP contribution in [0.5, 0.6) is 0 Å². The van der Waals surface area contributed by atoms with E-state index in [1.54, 1.807) is 0 Å². The average molecular weight is 220 g/mol. The molecule has 3 N–H and O–H groups in total. The Labute approximate surface area is 99.2 Å². The molecule has 1 aromatic carbocycles. The molecule has 2 nitrogen and oxygen atoms in total. The van der Waals surface area contributed by atoms with E-state index in [4.69, 9.17) is 5.73 Å². The number of benzene rings is 1. The molecule has 0 saturated heterocycles.